The fourth-order valence-corrected chi connectivity index (χ4v) is 2.99. The topological polar surface area (TPSA) is 95.8 Å². The quantitative estimate of drug-likeness (QED) is 0.696. The van der Waals surface area contributed by atoms with Crippen molar-refractivity contribution in [2.75, 3.05) is 4.90 Å². The van der Waals surface area contributed by atoms with Crippen LogP contribution < -0.4 is 10.6 Å². The summed E-state index contributed by atoms with van der Waals surface area (Å²) in [6.45, 7) is 0. The number of anilines is 2. The third-order valence-electron chi connectivity index (χ3n) is 3.16. The molecule has 2 amide bonds. The largest absolute Gasteiger partial charge is 0.351 e. The summed E-state index contributed by atoms with van der Waals surface area (Å²) in [5.74, 6) is 0. The molecule has 0 fully saturated rings. The molecule has 2 N–H and O–H groups in total. The van der Waals surface area contributed by atoms with E-state index in [0.29, 0.717) is 16.9 Å². The lowest BCUT2D eigenvalue weighted by molar-refractivity contribution is 0.256. The molecule has 1 aliphatic heterocycles. The summed E-state index contributed by atoms with van der Waals surface area (Å²) >= 11 is 6.81. The van der Waals surface area contributed by atoms with Crippen molar-refractivity contribution in [2.24, 2.45) is 26.4 Å². The van der Waals surface area contributed by atoms with Gasteiger partial charge in [0.05, 0.1) is 11.4 Å². The lowest BCUT2D eigenvalue weighted by Gasteiger charge is -2.24. The molecule has 9 heteroatoms. The third kappa shape index (κ3) is 3.30. The highest BCUT2D eigenvalue weighted by Gasteiger charge is 2.24. The van der Waals surface area contributed by atoms with Crippen LogP contribution in [0.4, 0.5) is 16.2 Å². The number of amides is 2. The van der Waals surface area contributed by atoms with E-state index in [-0.39, 0.29) is 0 Å². The average molecular weight is 438 g/mol. The number of rotatable bonds is 3. The Morgan fingerprint density at radius 2 is 1.74 bits per heavy atom. The molecular formula is C14H10Br2N6O. The van der Waals surface area contributed by atoms with Crippen molar-refractivity contribution >= 4 is 49.3 Å². The van der Waals surface area contributed by atoms with Gasteiger partial charge in [0.15, 0.2) is 0 Å². The van der Waals surface area contributed by atoms with Crippen LogP contribution in [0.3, 0.4) is 0 Å². The van der Waals surface area contributed by atoms with Gasteiger partial charge in [0.25, 0.3) is 0 Å². The fraction of sp³-hybridized carbons (Fsp3) is 0.0714. The number of nitrogens with zero attached hydrogens (tertiary/aromatic N) is 5. The van der Waals surface area contributed by atoms with Crippen LogP contribution in [0.5, 0.6) is 0 Å². The maximum absolute atomic E-state index is 12.1. The number of carbonyl (C=O) groups is 1. The Balaban J connectivity index is 2.15. The molecular weight excluding hydrogens is 428 g/mol. The molecule has 0 aliphatic carbocycles. The van der Waals surface area contributed by atoms with Gasteiger partial charge in [0.1, 0.15) is 0 Å². The summed E-state index contributed by atoms with van der Waals surface area (Å²) in [6, 6.07) is 12.1. The fourth-order valence-electron chi connectivity index (χ4n) is 2.23. The van der Waals surface area contributed by atoms with Gasteiger partial charge < -0.3 is 5.73 Å². The van der Waals surface area contributed by atoms with Crippen molar-refractivity contribution in [1.82, 2.24) is 0 Å². The first-order chi connectivity index (χ1) is 11.1. The Labute approximate surface area is 148 Å². The summed E-state index contributed by atoms with van der Waals surface area (Å²) in [5, 5.41) is 14.9. The Hall–Kier alpha value is -2.13. The van der Waals surface area contributed by atoms with Gasteiger partial charge >= 0.3 is 6.03 Å². The molecule has 1 aliphatic rings. The molecule has 0 unspecified atom stereocenters. The van der Waals surface area contributed by atoms with E-state index in [4.69, 9.17) is 5.73 Å². The number of urea groups is 1. The number of hydrogen-bond donors (Lipinski definition) is 1. The van der Waals surface area contributed by atoms with Crippen molar-refractivity contribution in [3.8, 4) is 0 Å². The maximum atomic E-state index is 12.1. The van der Waals surface area contributed by atoms with Crippen molar-refractivity contribution in [3.63, 3.8) is 0 Å². The molecule has 0 atom stereocenters. The van der Waals surface area contributed by atoms with Crippen LogP contribution in [-0.2, 0) is 0 Å². The van der Waals surface area contributed by atoms with Gasteiger partial charge in [-0.15, -0.1) is 10.2 Å². The van der Waals surface area contributed by atoms with Gasteiger partial charge in [0, 0.05) is 14.5 Å². The molecule has 0 spiro atoms. The summed E-state index contributed by atoms with van der Waals surface area (Å²) in [4.78, 5) is 13.5. The number of halogens is 2. The highest BCUT2D eigenvalue weighted by Crippen LogP contribution is 2.38. The second-order valence-electron chi connectivity index (χ2n) is 4.64. The van der Waals surface area contributed by atoms with Gasteiger partial charge in [0.2, 0.25) is 6.17 Å². The number of nitrogens with two attached hydrogens (primary N) is 1. The van der Waals surface area contributed by atoms with E-state index in [2.05, 4.69) is 52.5 Å². The normalized spacial score (nSPS) is 13.5. The molecule has 23 heavy (non-hydrogen) atoms. The van der Waals surface area contributed by atoms with E-state index in [1.165, 1.54) is 4.90 Å². The van der Waals surface area contributed by atoms with Crippen LogP contribution >= 0.6 is 31.9 Å². The number of benzene rings is 2. The van der Waals surface area contributed by atoms with Crippen molar-refractivity contribution in [2.45, 2.75) is 6.17 Å². The SMILES string of the molecule is NC(=O)N(c1cccc(Br)c1)c1ccc(Br)cc1C1N=NN=N1. The molecule has 1 heterocycles. The van der Waals surface area contributed by atoms with E-state index < -0.39 is 12.2 Å². The predicted molar refractivity (Wildman–Crippen MR) is 92.5 cm³/mol. The minimum absolute atomic E-state index is 0.573. The molecule has 2 aromatic rings. The average Bonchev–Trinajstić information content (AvgIpc) is 3.03. The smallest absolute Gasteiger partial charge is 0.323 e. The van der Waals surface area contributed by atoms with Crippen molar-refractivity contribution < 1.29 is 4.79 Å². The zero-order valence-corrected chi connectivity index (χ0v) is 14.8. The van der Waals surface area contributed by atoms with Crippen LogP contribution in [0.1, 0.15) is 11.7 Å². The molecule has 0 bridgehead atoms. The van der Waals surface area contributed by atoms with E-state index >= 15 is 0 Å². The minimum atomic E-state index is -0.612. The summed E-state index contributed by atoms with van der Waals surface area (Å²) in [7, 11) is 0. The van der Waals surface area contributed by atoms with Crippen molar-refractivity contribution in [3.05, 3.63) is 57.0 Å². The second kappa shape index (κ2) is 6.55. The van der Waals surface area contributed by atoms with Crippen LogP contribution in [0, 0.1) is 0 Å². The van der Waals surface area contributed by atoms with Gasteiger partial charge in [-0.3, -0.25) is 4.90 Å². The van der Waals surface area contributed by atoms with Crippen LogP contribution in [-0.4, -0.2) is 6.03 Å². The van der Waals surface area contributed by atoms with Crippen LogP contribution in [0.2, 0.25) is 0 Å². The Bertz CT molecular complexity index is 811. The summed E-state index contributed by atoms with van der Waals surface area (Å²) in [5.41, 5.74) is 7.48. The molecule has 0 radical (unpaired) electrons. The number of primary amides is 1. The van der Waals surface area contributed by atoms with Crippen molar-refractivity contribution in [1.29, 1.82) is 0 Å². The van der Waals surface area contributed by atoms with Gasteiger partial charge in [-0.1, -0.05) is 37.9 Å². The molecule has 0 saturated heterocycles. The molecule has 7 nitrogen and oxygen atoms in total. The van der Waals surface area contributed by atoms with E-state index in [1.807, 2.05) is 24.3 Å². The lowest BCUT2D eigenvalue weighted by atomic mass is 10.1. The van der Waals surface area contributed by atoms with Crippen LogP contribution in [0.15, 0.2) is 72.1 Å². The number of carbonyl (C=O) groups excluding carboxylic acids is 1. The zero-order valence-electron chi connectivity index (χ0n) is 11.6. The Morgan fingerprint density at radius 3 is 2.39 bits per heavy atom. The zero-order chi connectivity index (χ0) is 16.4. The minimum Gasteiger partial charge on any atom is -0.351 e. The highest BCUT2D eigenvalue weighted by atomic mass is 79.9. The monoisotopic (exact) mass is 436 g/mol. The summed E-state index contributed by atoms with van der Waals surface area (Å²) < 4.78 is 1.66. The number of hydrogen-bond acceptors (Lipinski definition) is 5. The predicted octanol–water partition coefficient (Wildman–Crippen LogP) is 5.26. The first-order valence-corrected chi connectivity index (χ1v) is 8.09. The van der Waals surface area contributed by atoms with E-state index in [1.54, 1.807) is 18.2 Å². The first kappa shape index (κ1) is 15.8. The second-order valence-corrected chi connectivity index (χ2v) is 6.47. The third-order valence-corrected chi connectivity index (χ3v) is 4.14. The Kier molecular flexibility index (Phi) is 4.49. The van der Waals surface area contributed by atoms with Gasteiger partial charge in [-0.2, -0.15) is 0 Å². The highest BCUT2D eigenvalue weighted by molar-refractivity contribution is 9.10. The summed E-state index contributed by atoms with van der Waals surface area (Å²) in [6.07, 6.45) is -0.600. The first-order valence-electron chi connectivity index (χ1n) is 6.51. The molecule has 0 aromatic heterocycles. The molecule has 116 valence electrons. The molecule has 2 aromatic carbocycles. The van der Waals surface area contributed by atoms with E-state index in [9.17, 15) is 4.79 Å². The lowest BCUT2D eigenvalue weighted by Crippen LogP contribution is -2.32. The van der Waals surface area contributed by atoms with E-state index in [0.717, 1.165) is 8.95 Å². The van der Waals surface area contributed by atoms with Gasteiger partial charge in [-0.05, 0) is 46.8 Å². The van der Waals surface area contributed by atoms with Crippen LogP contribution in [0.25, 0.3) is 0 Å². The maximum Gasteiger partial charge on any atom is 0.323 e. The molecule has 3 rings (SSSR count). The molecule has 0 saturated carbocycles. The van der Waals surface area contributed by atoms with Gasteiger partial charge in [-0.25, -0.2) is 4.79 Å². The Morgan fingerprint density at radius 1 is 1.04 bits per heavy atom. The standard InChI is InChI=1S/C14H10Br2N6O/c15-8-2-1-3-10(6-8)22(14(17)23)12-5-4-9(16)7-11(12)13-18-20-21-19-13/h1-7,13H,(H2,17,23).